The summed E-state index contributed by atoms with van der Waals surface area (Å²) < 4.78 is 26.0. The fourth-order valence-corrected chi connectivity index (χ4v) is 3.44. The average Bonchev–Trinajstić information content (AvgIpc) is 2.55. The summed E-state index contributed by atoms with van der Waals surface area (Å²) in [6, 6.07) is 11.4. The van der Waals surface area contributed by atoms with Gasteiger partial charge in [-0.05, 0) is 10.9 Å². The molecule has 0 aromatic heterocycles. The van der Waals surface area contributed by atoms with Gasteiger partial charge in [-0.3, -0.25) is 0 Å². The molecule has 4 heteroatoms. The second-order valence-electron chi connectivity index (χ2n) is 3.60. The van der Waals surface area contributed by atoms with Crippen molar-refractivity contribution < 1.29 is 8.42 Å². The number of nitrogens with one attached hydrogen (secondary N) is 1. The molecule has 1 aliphatic heterocycles. The summed E-state index contributed by atoms with van der Waals surface area (Å²) in [4.78, 5) is 0.445. The molecule has 0 radical (unpaired) electrons. The fraction of sp³-hybridized carbons (Fsp3) is 0.0909. The van der Waals surface area contributed by atoms with E-state index < -0.39 is 10.0 Å². The van der Waals surface area contributed by atoms with Crippen LogP contribution in [0.5, 0.6) is 0 Å². The number of benzene rings is 2. The molecule has 15 heavy (non-hydrogen) atoms. The van der Waals surface area contributed by atoms with E-state index in [2.05, 4.69) is 4.72 Å². The van der Waals surface area contributed by atoms with E-state index in [1.165, 1.54) is 0 Å². The molecule has 0 amide bonds. The molecule has 1 N–H and O–H groups in total. The van der Waals surface area contributed by atoms with Crippen molar-refractivity contribution in [2.24, 2.45) is 0 Å². The molecule has 0 unspecified atom stereocenters. The lowest BCUT2D eigenvalue weighted by molar-refractivity contribution is 0.590. The van der Waals surface area contributed by atoms with Gasteiger partial charge in [0.2, 0.25) is 10.0 Å². The average molecular weight is 219 g/mol. The Kier molecular flexibility index (Phi) is 1.66. The molecule has 1 aliphatic rings. The van der Waals surface area contributed by atoms with Gasteiger partial charge in [-0.1, -0.05) is 36.4 Å². The molecule has 2 aromatic carbocycles. The van der Waals surface area contributed by atoms with Crippen LogP contribution in [0, 0.1) is 0 Å². The van der Waals surface area contributed by atoms with Crippen molar-refractivity contribution in [3.05, 3.63) is 42.0 Å². The van der Waals surface area contributed by atoms with Gasteiger partial charge in [-0.15, -0.1) is 0 Å². The van der Waals surface area contributed by atoms with Crippen LogP contribution in [0.2, 0.25) is 0 Å². The molecule has 0 aliphatic carbocycles. The Morgan fingerprint density at radius 1 is 1.07 bits per heavy atom. The van der Waals surface area contributed by atoms with Crippen LogP contribution in [-0.2, 0) is 16.6 Å². The van der Waals surface area contributed by atoms with Crippen LogP contribution in [0.25, 0.3) is 10.8 Å². The molecule has 0 saturated carbocycles. The van der Waals surface area contributed by atoms with E-state index in [9.17, 15) is 8.42 Å². The van der Waals surface area contributed by atoms with Crippen LogP contribution < -0.4 is 4.72 Å². The number of hydrogen-bond donors (Lipinski definition) is 1. The van der Waals surface area contributed by atoms with Crippen LogP contribution >= 0.6 is 0 Å². The molecule has 0 bridgehead atoms. The molecular formula is C11H9NO2S. The van der Waals surface area contributed by atoms with E-state index in [1.54, 1.807) is 0 Å². The first-order chi connectivity index (χ1) is 7.18. The number of fused-ring (bicyclic) bond motifs is 3. The van der Waals surface area contributed by atoms with Gasteiger partial charge in [0.05, 0.1) is 4.90 Å². The highest BCUT2D eigenvalue weighted by Gasteiger charge is 2.27. The highest BCUT2D eigenvalue weighted by molar-refractivity contribution is 7.90. The van der Waals surface area contributed by atoms with Crippen molar-refractivity contribution in [2.45, 2.75) is 11.4 Å². The molecule has 2 aromatic rings. The molecule has 76 valence electrons. The second-order valence-corrected chi connectivity index (χ2v) is 5.30. The first-order valence-corrected chi connectivity index (χ1v) is 6.17. The second kappa shape index (κ2) is 2.81. The summed E-state index contributed by atoms with van der Waals surface area (Å²) in [5.41, 5.74) is 0.855. The number of hydrogen-bond acceptors (Lipinski definition) is 2. The molecule has 0 spiro atoms. The van der Waals surface area contributed by atoms with Gasteiger partial charge in [0.25, 0.3) is 0 Å². The van der Waals surface area contributed by atoms with Crippen LogP contribution in [0.4, 0.5) is 0 Å². The molecule has 0 atom stereocenters. The van der Waals surface area contributed by atoms with Crippen LogP contribution in [0.1, 0.15) is 5.56 Å². The van der Waals surface area contributed by atoms with E-state index >= 15 is 0 Å². The first-order valence-electron chi connectivity index (χ1n) is 4.69. The third-order valence-electron chi connectivity index (χ3n) is 2.68. The highest BCUT2D eigenvalue weighted by atomic mass is 32.2. The summed E-state index contributed by atoms with van der Waals surface area (Å²) >= 11 is 0. The zero-order chi connectivity index (χ0) is 10.5. The van der Waals surface area contributed by atoms with Gasteiger partial charge < -0.3 is 0 Å². The summed E-state index contributed by atoms with van der Waals surface area (Å²) in [6.45, 7) is 0.405. The maximum absolute atomic E-state index is 11.8. The zero-order valence-corrected chi connectivity index (χ0v) is 8.71. The van der Waals surface area contributed by atoms with Crippen molar-refractivity contribution in [2.75, 3.05) is 0 Å². The zero-order valence-electron chi connectivity index (χ0n) is 7.90. The summed E-state index contributed by atoms with van der Waals surface area (Å²) in [6.07, 6.45) is 0. The van der Waals surface area contributed by atoms with Crippen LogP contribution in [-0.4, -0.2) is 8.42 Å². The maximum atomic E-state index is 11.8. The van der Waals surface area contributed by atoms with Gasteiger partial charge in [0, 0.05) is 11.9 Å². The van der Waals surface area contributed by atoms with Crippen LogP contribution in [0.3, 0.4) is 0 Å². The van der Waals surface area contributed by atoms with E-state index in [0.717, 1.165) is 16.3 Å². The van der Waals surface area contributed by atoms with E-state index in [-0.39, 0.29) is 0 Å². The van der Waals surface area contributed by atoms with Gasteiger partial charge in [0.1, 0.15) is 0 Å². The molecule has 1 heterocycles. The third-order valence-corrected chi connectivity index (χ3v) is 4.23. The lowest BCUT2D eigenvalue weighted by Crippen LogP contribution is -2.14. The lowest BCUT2D eigenvalue weighted by atomic mass is 10.1. The Hall–Kier alpha value is -1.39. The summed E-state index contributed by atoms with van der Waals surface area (Å²) in [5.74, 6) is 0. The maximum Gasteiger partial charge on any atom is 0.241 e. The minimum atomic E-state index is -3.28. The highest BCUT2D eigenvalue weighted by Crippen LogP contribution is 2.30. The normalized spacial score (nSPS) is 17.9. The molecule has 3 nitrogen and oxygen atoms in total. The molecule has 3 rings (SSSR count). The molecular weight excluding hydrogens is 210 g/mol. The first kappa shape index (κ1) is 8.88. The SMILES string of the molecule is O=S1(=O)NCc2ccc3ccccc3c21. The predicted molar refractivity (Wildman–Crippen MR) is 58.0 cm³/mol. The van der Waals surface area contributed by atoms with Crippen molar-refractivity contribution in [3.8, 4) is 0 Å². The minimum absolute atomic E-state index is 0.405. The van der Waals surface area contributed by atoms with Crippen molar-refractivity contribution in [1.82, 2.24) is 4.72 Å². The fourth-order valence-electron chi connectivity index (χ4n) is 1.99. The number of rotatable bonds is 0. The molecule has 0 saturated heterocycles. The Balaban J connectivity index is 2.54. The monoisotopic (exact) mass is 219 g/mol. The Morgan fingerprint density at radius 3 is 2.73 bits per heavy atom. The third kappa shape index (κ3) is 1.19. The quantitative estimate of drug-likeness (QED) is 0.732. The minimum Gasteiger partial charge on any atom is -0.207 e. The Bertz CT molecular complexity index is 647. The predicted octanol–water partition coefficient (Wildman–Crippen LogP) is 1.63. The van der Waals surface area contributed by atoms with Crippen molar-refractivity contribution in [1.29, 1.82) is 0 Å². The summed E-state index contributed by atoms with van der Waals surface area (Å²) in [7, 11) is -3.28. The van der Waals surface area contributed by atoms with E-state index in [0.29, 0.717) is 11.4 Å². The van der Waals surface area contributed by atoms with Crippen molar-refractivity contribution >= 4 is 20.8 Å². The standard InChI is InChI=1S/C11H9NO2S/c13-15(14)11-9(7-12-15)6-5-8-3-1-2-4-10(8)11/h1-6,12H,7H2. The number of sulfonamides is 1. The smallest absolute Gasteiger partial charge is 0.207 e. The van der Waals surface area contributed by atoms with Gasteiger partial charge in [0.15, 0.2) is 0 Å². The van der Waals surface area contributed by atoms with E-state index in [4.69, 9.17) is 0 Å². The topological polar surface area (TPSA) is 46.2 Å². The van der Waals surface area contributed by atoms with E-state index in [1.807, 2.05) is 36.4 Å². The van der Waals surface area contributed by atoms with Gasteiger partial charge in [-0.25, -0.2) is 13.1 Å². The largest absolute Gasteiger partial charge is 0.241 e. The van der Waals surface area contributed by atoms with Gasteiger partial charge >= 0.3 is 0 Å². The van der Waals surface area contributed by atoms with Crippen LogP contribution in [0.15, 0.2) is 41.3 Å². The summed E-state index contributed by atoms with van der Waals surface area (Å²) in [5, 5.41) is 1.77. The Morgan fingerprint density at radius 2 is 1.87 bits per heavy atom. The van der Waals surface area contributed by atoms with Gasteiger partial charge in [-0.2, -0.15) is 0 Å². The Labute approximate surface area is 87.8 Å². The lowest BCUT2D eigenvalue weighted by Gasteiger charge is -2.02. The molecule has 0 fully saturated rings. The van der Waals surface area contributed by atoms with Crippen molar-refractivity contribution in [3.63, 3.8) is 0 Å².